The second kappa shape index (κ2) is 5.69. The van der Waals surface area contributed by atoms with Crippen LogP contribution in [0.2, 0.25) is 10.0 Å². The highest BCUT2D eigenvalue weighted by Crippen LogP contribution is 2.34. The summed E-state index contributed by atoms with van der Waals surface area (Å²) in [6.45, 7) is 0.331. The molecule has 0 bridgehead atoms. The van der Waals surface area contributed by atoms with Gasteiger partial charge in [-0.05, 0) is 30.9 Å². The highest BCUT2D eigenvalue weighted by atomic mass is 35.5. The molecule has 1 aliphatic carbocycles. The molecule has 0 amide bonds. The molecule has 0 heterocycles. The van der Waals surface area contributed by atoms with Gasteiger partial charge in [0.2, 0.25) is 10.0 Å². The van der Waals surface area contributed by atoms with Gasteiger partial charge in [-0.15, -0.1) is 0 Å². The SMILES string of the molecule is CN(CC1CC(O)C1)S(=O)(=O)c1c(N)cc(Cl)cc1Cl. The number of rotatable bonds is 4. The van der Waals surface area contributed by atoms with Crippen LogP contribution in [0.25, 0.3) is 0 Å². The monoisotopic (exact) mass is 338 g/mol. The molecule has 2 rings (SSSR count). The van der Waals surface area contributed by atoms with Crippen molar-refractivity contribution in [1.82, 2.24) is 4.31 Å². The van der Waals surface area contributed by atoms with Crippen molar-refractivity contribution in [3.8, 4) is 0 Å². The minimum Gasteiger partial charge on any atom is -0.398 e. The van der Waals surface area contributed by atoms with Gasteiger partial charge in [-0.1, -0.05) is 23.2 Å². The molecular formula is C12H16Cl2N2O3S. The third kappa shape index (κ3) is 3.04. The highest BCUT2D eigenvalue weighted by Gasteiger charge is 2.33. The van der Waals surface area contributed by atoms with Gasteiger partial charge < -0.3 is 10.8 Å². The van der Waals surface area contributed by atoms with Crippen molar-refractivity contribution >= 4 is 38.9 Å². The van der Waals surface area contributed by atoms with E-state index in [1.54, 1.807) is 0 Å². The standard InChI is InChI=1S/C12H16Cl2N2O3S/c1-16(6-7-2-9(17)3-7)20(18,19)12-10(14)4-8(13)5-11(12)15/h4-5,7,9,17H,2-3,6,15H2,1H3. The van der Waals surface area contributed by atoms with Crippen LogP contribution in [0.5, 0.6) is 0 Å². The molecule has 0 aromatic heterocycles. The Morgan fingerprint density at radius 3 is 2.50 bits per heavy atom. The zero-order chi connectivity index (χ0) is 15.1. The molecule has 0 atom stereocenters. The largest absolute Gasteiger partial charge is 0.398 e. The lowest BCUT2D eigenvalue weighted by Crippen LogP contribution is -2.39. The van der Waals surface area contributed by atoms with Crippen molar-refractivity contribution < 1.29 is 13.5 Å². The van der Waals surface area contributed by atoms with Gasteiger partial charge in [-0.3, -0.25) is 0 Å². The maximum absolute atomic E-state index is 12.5. The first-order valence-corrected chi connectivity index (χ1v) is 8.30. The number of hydrogen-bond donors (Lipinski definition) is 2. The Morgan fingerprint density at radius 1 is 1.40 bits per heavy atom. The highest BCUT2D eigenvalue weighted by molar-refractivity contribution is 7.89. The molecule has 5 nitrogen and oxygen atoms in total. The Kier molecular flexibility index (Phi) is 4.51. The molecule has 0 saturated heterocycles. The van der Waals surface area contributed by atoms with Gasteiger partial charge in [0.05, 0.1) is 16.8 Å². The van der Waals surface area contributed by atoms with Gasteiger partial charge in [-0.25, -0.2) is 12.7 Å². The Morgan fingerprint density at radius 2 is 2.00 bits per heavy atom. The van der Waals surface area contributed by atoms with Crippen LogP contribution in [-0.2, 0) is 10.0 Å². The van der Waals surface area contributed by atoms with Crippen molar-refractivity contribution in [1.29, 1.82) is 0 Å². The van der Waals surface area contributed by atoms with Gasteiger partial charge in [-0.2, -0.15) is 0 Å². The number of nitrogens with zero attached hydrogens (tertiary/aromatic N) is 1. The molecule has 1 aromatic rings. The van der Waals surface area contributed by atoms with Crippen LogP contribution < -0.4 is 5.73 Å². The van der Waals surface area contributed by atoms with Crippen LogP contribution in [0.4, 0.5) is 5.69 Å². The van der Waals surface area contributed by atoms with Crippen LogP contribution in [0.15, 0.2) is 17.0 Å². The zero-order valence-corrected chi connectivity index (χ0v) is 13.2. The number of hydrogen-bond acceptors (Lipinski definition) is 4. The van der Waals surface area contributed by atoms with Crippen LogP contribution in [0.1, 0.15) is 12.8 Å². The number of nitrogen functional groups attached to an aromatic ring is 1. The Balaban J connectivity index is 2.26. The fourth-order valence-electron chi connectivity index (χ4n) is 2.32. The first kappa shape index (κ1) is 15.9. The molecule has 0 radical (unpaired) electrons. The summed E-state index contributed by atoms with van der Waals surface area (Å²) in [4.78, 5) is -0.120. The fourth-order valence-corrected chi connectivity index (χ4v) is 4.50. The summed E-state index contributed by atoms with van der Waals surface area (Å²) in [5.74, 6) is 0.164. The lowest BCUT2D eigenvalue weighted by atomic mass is 9.82. The fraction of sp³-hybridized carbons (Fsp3) is 0.500. The van der Waals surface area contributed by atoms with E-state index < -0.39 is 10.0 Å². The smallest absolute Gasteiger partial charge is 0.246 e. The van der Waals surface area contributed by atoms with Crippen LogP contribution >= 0.6 is 23.2 Å². The van der Waals surface area contributed by atoms with E-state index >= 15 is 0 Å². The van der Waals surface area contributed by atoms with Gasteiger partial charge >= 0.3 is 0 Å². The second-order valence-electron chi connectivity index (χ2n) is 5.08. The van der Waals surface area contributed by atoms with Gasteiger partial charge in [0, 0.05) is 18.6 Å². The third-order valence-corrected chi connectivity index (χ3v) is 6.00. The number of aliphatic hydroxyl groups is 1. The molecule has 8 heteroatoms. The van der Waals surface area contributed by atoms with Crippen molar-refractivity contribution in [2.45, 2.75) is 23.8 Å². The van der Waals surface area contributed by atoms with E-state index in [1.807, 2.05) is 0 Å². The predicted molar refractivity (Wildman–Crippen MR) is 79.4 cm³/mol. The van der Waals surface area contributed by atoms with E-state index in [9.17, 15) is 13.5 Å². The minimum absolute atomic E-state index is 0.00972. The van der Waals surface area contributed by atoms with Crippen molar-refractivity contribution in [3.63, 3.8) is 0 Å². The number of benzene rings is 1. The second-order valence-corrected chi connectivity index (χ2v) is 7.91. The number of sulfonamides is 1. The normalized spacial score (nSPS) is 22.9. The number of nitrogens with two attached hydrogens (primary N) is 1. The van der Waals surface area contributed by atoms with Crippen LogP contribution in [0.3, 0.4) is 0 Å². The molecule has 1 aliphatic rings. The van der Waals surface area contributed by atoms with E-state index in [4.69, 9.17) is 28.9 Å². The Hall–Kier alpha value is -0.530. The van der Waals surface area contributed by atoms with E-state index in [2.05, 4.69) is 0 Å². The van der Waals surface area contributed by atoms with Gasteiger partial charge in [0.25, 0.3) is 0 Å². The molecule has 1 aromatic carbocycles. The molecule has 3 N–H and O–H groups in total. The van der Waals surface area contributed by atoms with Crippen LogP contribution in [0, 0.1) is 5.92 Å². The van der Waals surface area contributed by atoms with E-state index in [1.165, 1.54) is 23.5 Å². The molecule has 112 valence electrons. The molecular weight excluding hydrogens is 323 g/mol. The average molecular weight is 339 g/mol. The van der Waals surface area contributed by atoms with Gasteiger partial charge in [0.15, 0.2) is 0 Å². The number of anilines is 1. The van der Waals surface area contributed by atoms with E-state index in [-0.39, 0.29) is 32.7 Å². The Bertz CT molecular complexity index is 592. The van der Waals surface area contributed by atoms with Crippen molar-refractivity contribution in [2.75, 3.05) is 19.3 Å². The van der Waals surface area contributed by atoms with Crippen molar-refractivity contribution in [3.05, 3.63) is 22.2 Å². The predicted octanol–water partition coefficient (Wildman–Crippen LogP) is 1.97. The van der Waals surface area contributed by atoms with E-state index in [0.29, 0.717) is 19.4 Å². The minimum atomic E-state index is -3.77. The molecule has 1 saturated carbocycles. The molecule has 1 fully saturated rings. The number of aliphatic hydroxyl groups excluding tert-OH is 1. The molecule has 20 heavy (non-hydrogen) atoms. The summed E-state index contributed by atoms with van der Waals surface area (Å²) in [6, 6.07) is 2.72. The summed E-state index contributed by atoms with van der Waals surface area (Å²) in [7, 11) is -2.29. The maximum Gasteiger partial charge on any atom is 0.246 e. The van der Waals surface area contributed by atoms with E-state index in [0.717, 1.165) is 0 Å². The quantitative estimate of drug-likeness (QED) is 0.822. The third-order valence-electron chi connectivity index (χ3n) is 3.43. The summed E-state index contributed by atoms with van der Waals surface area (Å²) >= 11 is 11.7. The molecule has 0 aliphatic heterocycles. The molecule has 0 spiro atoms. The summed E-state index contributed by atoms with van der Waals surface area (Å²) in [5, 5.41) is 9.54. The van der Waals surface area contributed by atoms with Crippen molar-refractivity contribution in [2.24, 2.45) is 5.92 Å². The topological polar surface area (TPSA) is 83.6 Å². The number of halogens is 2. The summed E-state index contributed by atoms with van der Waals surface area (Å²) in [5.41, 5.74) is 5.76. The lowest BCUT2D eigenvalue weighted by molar-refractivity contribution is 0.0367. The first-order chi connectivity index (χ1) is 9.21. The maximum atomic E-state index is 12.5. The van der Waals surface area contributed by atoms with Gasteiger partial charge in [0.1, 0.15) is 4.90 Å². The average Bonchev–Trinajstić information content (AvgIpc) is 2.24. The summed E-state index contributed by atoms with van der Waals surface area (Å²) < 4.78 is 26.2. The van der Waals surface area contributed by atoms with Crippen LogP contribution in [-0.4, -0.2) is 37.5 Å². The Labute approximate surface area is 128 Å². The first-order valence-electron chi connectivity index (χ1n) is 6.10. The lowest BCUT2D eigenvalue weighted by Gasteiger charge is -2.34. The molecule has 0 unspecified atom stereocenters. The zero-order valence-electron chi connectivity index (χ0n) is 10.9. The summed E-state index contributed by atoms with van der Waals surface area (Å²) in [6.07, 6.45) is 0.910.